The lowest BCUT2D eigenvalue weighted by Crippen LogP contribution is -2.47. The molecule has 0 radical (unpaired) electrons. The zero-order valence-corrected chi connectivity index (χ0v) is 11.9. The van der Waals surface area contributed by atoms with Gasteiger partial charge in [0.15, 0.2) is 5.11 Å². The van der Waals surface area contributed by atoms with Crippen molar-refractivity contribution < 1.29 is 4.39 Å². The van der Waals surface area contributed by atoms with Crippen LogP contribution in [-0.2, 0) is 0 Å². The first-order valence-electron chi connectivity index (χ1n) is 6.73. The zero-order valence-electron chi connectivity index (χ0n) is 11.1. The van der Waals surface area contributed by atoms with E-state index < -0.39 is 0 Å². The molecule has 19 heavy (non-hydrogen) atoms. The second kappa shape index (κ2) is 6.70. The third-order valence-corrected chi connectivity index (χ3v) is 3.81. The predicted octanol–water partition coefficient (Wildman–Crippen LogP) is 3.20. The number of anilines is 1. The summed E-state index contributed by atoms with van der Waals surface area (Å²) in [5.41, 5.74) is 6.67. The number of hydrogen-bond acceptors (Lipinski definition) is 2. The lowest BCUT2D eigenvalue weighted by atomic mass is 9.86. The minimum absolute atomic E-state index is 0.248. The Morgan fingerprint density at radius 3 is 2.58 bits per heavy atom. The van der Waals surface area contributed by atoms with Crippen LogP contribution < -0.4 is 16.2 Å². The molecule has 0 heterocycles. The summed E-state index contributed by atoms with van der Waals surface area (Å²) in [7, 11) is 0. The highest BCUT2D eigenvalue weighted by Crippen LogP contribution is 2.23. The van der Waals surface area contributed by atoms with Crippen molar-refractivity contribution in [2.24, 2.45) is 5.92 Å². The maximum atomic E-state index is 12.8. The van der Waals surface area contributed by atoms with Gasteiger partial charge in [0, 0.05) is 6.04 Å². The maximum Gasteiger partial charge on any atom is 0.185 e. The largest absolute Gasteiger partial charge is 0.358 e. The van der Waals surface area contributed by atoms with Gasteiger partial charge in [0.1, 0.15) is 5.82 Å². The van der Waals surface area contributed by atoms with Crippen LogP contribution in [0.1, 0.15) is 32.6 Å². The molecule has 0 amide bonds. The van der Waals surface area contributed by atoms with E-state index in [-0.39, 0.29) is 5.82 Å². The monoisotopic (exact) mass is 281 g/mol. The minimum atomic E-state index is -0.248. The molecule has 2 rings (SSSR count). The molecule has 0 unspecified atom stereocenters. The van der Waals surface area contributed by atoms with Crippen molar-refractivity contribution in [2.75, 3.05) is 5.43 Å². The summed E-state index contributed by atoms with van der Waals surface area (Å²) >= 11 is 5.25. The van der Waals surface area contributed by atoms with Gasteiger partial charge in [0.2, 0.25) is 0 Å². The molecule has 1 saturated carbocycles. The molecule has 1 aliphatic carbocycles. The first kappa shape index (κ1) is 14.1. The number of thiocarbonyl (C=S) groups is 1. The van der Waals surface area contributed by atoms with Crippen LogP contribution in [0.3, 0.4) is 0 Å². The van der Waals surface area contributed by atoms with Gasteiger partial charge >= 0.3 is 0 Å². The summed E-state index contributed by atoms with van der Waals surface area (Å²) in [5, 5.41) is 3.92. The van der Waals surface area contributed by atoms with E-state index in [1.807, 2.05) is 0 Å². The van der Waals surface area contributed by atoms with E-state index in [2.05, 4.69) is 23.1 Å². The first-order valence-corrected chi connectivity index (χ1v) is 7.14. The molecular formula is C14H20FN3S. The van der Waals surface area contributed by atoms with Gasteiger partial charge in [-0.05, 0) is 55.2 Å². The standard InChI is InChI=1S/C14H20FN3S/c1-10-4-2-3-5-13(10)16-14(19)18-17-12-8-6-11(15)7-9-12/h6-10,13,17H,2-5H2,1H3,(H2,16,18,19)/t10-,13-/m0/s1. The van der Waals surface area contributed by atoms with Crippen LogP contribution in [-0.4, -0.2) is 11.2 Å². The van der Waals surface area contributed by atoms with Gasteiger partial charge < -0.3 is 5.32 Å². The highest BCUT2D eigenvalue weighted by molar-refractivity contribution is 7.80. The SMILES string of the molecule is C[C@H]1CCCC[C@@H]1NC(=S)NNc1ccc(F)cc1. The van der Waals surface area contributed by atoms with Gasteiger partial charge in [-0.1, -0.05) is 19.8 Å². The van der Waals surface area contributed by atoms with E-state index in [9.17, 15) is 4.39 Å². The summed E-state index contributed by atoms with van der Waals surface area (Å²) in [4.78, 5) is 0. The molecule has 3 N–H and O–H groups in total. The van der Waals surface area contributed by atoms with E-state index in [1.165, 1.54) is 37.8 Å². The normalized spacial score (nSPS) is 22.6. The third-order valence-electron chi connectivity index (χ3n) is 3.59. The van der Waals surface area contributed by atoms with Crippen LogP contribution in [0.4, 0.5) is 10.1 Å². The van der Waals surface area contributed by atoms with E-state index in [1.54, 1.807) is 12.1 Å². The summed E-state index contributed by atoms with van der Waals surface area (Å²) < 4.78 is 12.8. The molecule has 1 aliphatic rings. The van der Waals surface area contributed by atoms with Crippen molar-refractivity contribution in [2.45, 2.75) is 38.6 Å². The summed E-state index contributed by atoms with van der Waals surface area (Å²) in [6, 6.07) is 6.58. The Hall–Kier alpha value is -1.36. The number of hydrogen-bond donors (Lipinski definition) is 3. The number of hydrazine groups is 1. The van der Waals surface area contributed by atoms with Crippen LogP contribution in [0.2, 0.25) is 0 Å². The molecule has 104 valence electrons. The van der Waals surface area contributed by atoms with Gasteiger partial charge in [-0.15, -0.1) is 0 Å². The second-order valence-electron chi connectivity index (χ2n) is 5.10. The minimum Gasteiger partial charge on any atom is -0.358 e. The summed E-state index contributed by atoms with van der Waals surface area (Å²) in [6.07, 6.45) is 4.99. The molecular weight excluding hydrogens is 261 g/mol. The molecule has 1 aromatic rings. The average molecular weight is 281 g/mol. The summed E-state index contributed by atoms with van der Waals surface area (Å²) in [6.45, 7) is 2.26. The average Bonchev–Trinajstić information content (AvgIpc) is 2.41. The molecule has 3 nitrogen and oxygen atoms in total. The smallest absolute Gasteiger partial charge is 0.185 e. The predicted molar refractivity (Wildman–Crippen MR) is 80.3 cm³/mol. The molecule has 1 fully saturated rings. The summed E-state index contributed by atoms with van der Waals surface area (Å²) in [5.74, 6) is 0.404. The topological polar surface area (TPSA) is 36.1 Å². The molecule has 0 saturated heterocycles. The van der Waals surface area contributed by atoms with Gasteiger partial charge in [-0.2, -0.15) is 0 Å². The van der Waals surface area contributed by atoms with Gasteiger partial charge in [-0.25, -0.2) is 4.39 Å². The van der Waals surface area contributed by atoms with Crippen LogP contribution in [0.5, 0.6) is 0 Å². The van der Waals surface area contributed by atoms with Crippen LogP contribution in [0.15, 0.2) is 24.3 Å². The van der Waals surface area contributed by atoms with Gasteiger partial charge in [-0.3, -0.25) is 10.9 Å². The Morgan fingerprint density at radius 1 is 1.21 bits per heavy atom. The molecule has 0 bridgehead atoms. The maximum absolute atomic E-state index is 12.8. The molecule has 5 heteroatoms. The van der Waals surface area contributed by atoms with E-state index in [4.69, 9.17) is 12.2 Å². The molecule has 0 aliphatic heterocycles. The lowest BCUT2D eigenvalue weighted by Gasteiger charge is -2.30. The highest BCUT2D eigenvalue weighted by Gasteiger charge is 2.21. The fourth-order valence-electron chi connectivity index (χ4n) is 2.40. The molecule has 1 aromatic carbocycles. The van der Waals surface area contributed by atoms with Crippen LogP contribution in [0.25, 0.3) is 0 Å². The number of benzene rings is 1. The molecule has 2 atom stereocenters. The van der Waals surface area contributed by atoms with E-state index >= 15 is 0 Å². The first-order chi connectivity index (χ1) is 9.15. The van der Waals surface area contributed by atoms with Crippen molar-refractivity contribution in [3.8, 4) is 0 Å². The van der Waals surface area contributed by atoms with Gasteiger partial charge in [0.05, 0.1) is 5.69 Å². The highest BCUT2D eigenvalue weighted by atomic mass is 32.1. The Balaban J connectivity index is 1.76. The second-order valence-corrected chi connectivity index (χ2v) is 5.51. The number of rotatable bonds is 3. The number of nitrogens with one attached hydrogen (secondary N) is 3. The Bertz CT molecular complexity index is 421. The van der Waals surface area contributed by atoms with Crippen molar-refractivity contribution in [3.05, 3.63) is 30.1 Å². The Kier molecular flexibility index (Phi) is 4.96. The molecule has 0 spiro atoms. The van der Waals surface area contributed by atoms with Crippen LogP contribution in [0, 0.1) is 11.7 Å². The third kappa shape index (κ3) is 4.35. The fraction of sp³-hybridized carbons (Fsp3) is 0.500. The Morgan fingerprint density at radius 2 is 1.89 bits per heavy atom. The quantitative estimate of drug-likeness (QED) is 0.587. The van der Waals surface area contributed by atoms with Crippen LogP contribution >= 0.6 is 12.2 Å². The van der Waals surface area contributed by atoms with Crippen molar-refractivity contribution in [1.82, 2.24) is 10.7 Å². The van der Waals surface area contributed by atoms with Crippen molar-refractivity contribution in [1.29, 1.82) is 0 Å². The number of halogens is 1. The molecule has 0 aromatic heterocycles. The van der Waals surface area contributed by atoms with Gasteiger partial charge in [0.25, 0.3) is 0 Å². The van der Waals surface area contributed by atoms with E-state index in [0.29, 0.717) is 17.1 Å². The lowest BCUT2D eigenvalue weighted by molar-refractivity contribution is 0.308. The Labute approximate surface area is 118 Å². The van der Waals surface area contributed by atoms with E-state index in [0.717, 1.165) is 5.69 Å². The fourth-order valence-corrected chi connectivity index (χ4v) is 2.60. The van der Waals surface area contributed by atoms with Crippen molar-refractivity contribution >= 4 is 23.0 Å². The zero-order chi connectivity index (χ0) is 13.7. The van der Waals surface area contributed by atoms with Crippen molar-refractivity contribution in [3.63, 3.8) is 0 Å².